The lowest BCUT2D eigenvalue weighted by Crippen LogP contribution is -2.44. The van der Waals surface area contributed by atoms with E-state index in [1.165, 1.54) is 4.90 Å². The first-order valence-electron chi connectivity index (χ1n) is 7.93. The Hall–Kier alpha value is -1.50. The molecular formula is C15H22F2N4O. The maximum absolute atomic E-state index is 13.1. The molecule has 1 aromatic heterocycles. The van der Waals surface area contributed by atoms with Gasteiger partial charge in [0.2, 0.25) is 5.91 Å². The number of piperidine rings is 2. The molecule has 2 aliphatic rings. The van der Waals surface area contributed by atoms with Crippen molar-refractivity contribution in [3.8, 4) is 0 Å². The van der Waals surface area contributed by atoms with Crippen LogP contribution in [0.3, 0.4) is 0 Å². The van der Waals surface area contributed by atoms with Crippen molar-refractivity contribution in [1.29, 1.82) is 0 Å². The van der Waals surface area contributed by atoms with Crippen LogP contribution >= 0.6 is 0 Å². The number of carbonyl (C=O) groups excluding carboxylic acids is 1. The van der Waals surface area contributed by atoms with Gasteiger partial charge in [-0.1, -0.05) is 0 Å². The molecule has 2 fully saturated rings. The van der Waals surface area contributed by atoms with Gasteiger partial charge in [-0.3, -0.25) is 9.48 Å². The highest BCUT2D eigenvalue weighted by Gasteiger charge is 2.35. The van der Waals surface area contributed by atoms with Crippen molar-refractivity contribution in [2.75, 3.05) is 26.2 Å². The Kier molecular flexibility index (Phi) is 4.42. The van der Waals surface area contributed by atoms with Gasteiger partial charge < -0.3 is 10.2 Å². The molecule has 5 nitrogen and oxygen atoms in total. The number of aromatic nitrogens is 2. The van der Waals surface area contributed by atoms with Crippen LogP contribution in [0, 0.1) is 0 Å². The van der Waals surface area contributed by atoms with Crippen LogP contribution in [0.5, 0.6) is 0 Å². The molecule has 1 unspecified atom stereocenters. The second-order valence-corrected chi connectivity index (χ2v) is 6.22. The van der Waals surface area contributed by atoms with Crippen molar-refractivity contribution in [2.45, 2.75) is 44.1 Å². The molecule has 2 saturated heterocycles. The highest BCUT2D eigenvalue weighted by Crippen LogP contribution is 2.27. The van der Waals surface area contributed by atoms with Crippen LogP contribution in [-0.2, 0) is 11.3 Å². The van der Waals surface area contributed by atoms with Crippen LogP contribution < -0.4 is 5.32 Å². The number of alkyl halides is 2. The van der Waals surface area contributed by atoms with Crippen LogP contribution in [0.2, 0.25) is 0 Å². The van der Waals surface area contributed by atoms with Gasteiger partial charge in [0.1, 0.15) is 6.54 Å². The molecule has 0 aromatic carbocycles. The quantitative estimate of drug-likeness (QED) is 0.922. The van der Waals surface area contributed by atoms with Crippen LogP contribution in [0.15, 0.2) is 12.3 Å². The normalized spacial score (nSPS) is 25.2. The average Bonchev–Trinajstić information content (AvgIpc) is 2.96. The Balaban J connectivity index is 1.54. The molecule has 1 aromatic rings. The lowest BCUT2D eigenvalue weighted by atomic mass is 9.97. The Morgan fingerprint density at radius 2 is 2.18 bits per heavy atom. The molecule has 3 heterocycles. The minimum atomic E-state index is -2.62. The Morgan fingerprint density at radius 3 is 2.86 bits per heavy atom. The molecule has 1 N–H and O–H groups in total. The second-order valence-electron chi connectivity index (χ2n) is 6.22. The number of likely N-dealkylation sites (tertiary alicyclic amines) is 1. The van der Waals surface area contributed by atoms with Crippen molar-refractivity contribution >= 4 is 5.91 Å². The first-order chi connectivity index (χ1) is 10.5. The molecule has 0 radical (unpaired) electrons. The minimum absolute atomic E-state index is 0.131. The van der Waals surface area contributed by atoms with E-state index in [-0.39, 0.29) is 38.4 Å². The van der Waals surface area contributed by atoms with Crippen molar-refractivity contribution < 1.29 is 13.6 Å². The van der Waals surface area contributed by atoms with Gasteiger partial charge in [0.25, 0.3) is 5.92 Å². The van der Waals surface area contributed by atoms with E-state index in [2.05, 4.69) is 10.4 Å². The molecule has 2 aliphatic heterocycles. The molecule has 122 valence electrons. The molecule has 0 spiro atoms. The highest BCUT2D eigenvalue weighted by atomic mass is 19.3. The van der Waals surface area contributed by atoms with Crippen LogP contribution in [-0.4, -0.2) is 52.7 Å². The summed E-state index contributed by atoms with van der Waals surface area (Å²) in [6, 6.07) is 1.95. The van der Waals surface area contributed by atoms with Crippen molar-refractivity contribution in [2.24, 2.45) is 0 Å². The number of nitrogens with zero attached hydrogens (tertiary/aromatic N) is 3. The highest BCUT2D eigenvalue weighted by molar-refractivity contribution is 5.76. The second kappa shape index (κ2) is 6.32. The van der Waals surface area contributed by atoms with Gasteiger partial charge in [-0.2, -0.15) is 5.10 Å². The summed E-state index contributed by atoms with van der Waals surface area (Å²) in [5.41, 5.74) is 1.00. The van der Waals surface area contributed by atoms with Gasteiger partial charge in [0.05, 0.1) is 5.69 Å². The number of halogens is 2. The van der Waals surface area contributed by atoms with E-state index in [0.29, 0.717) is 5.92 Å². The third kappa shape index (κ3) is 3.63. The molecule has 22 heavy (non-hydrogen) atoms. The lowest BCUT2D eigenvalue weighted by Gasteiger charge is -2.31. The van der Waals surface area contributed by atoms with Gasteiger partial charge in [-0.05, 0) is 25.5 Å². The molecule has 1 atom stereocenters. The molecule has 7 heteroatoms. The number of hydrogen-bond acceptors (Lipinski definition) is 3. The number of amides is 1. The van der Waals surface area contributed by atoms with Crippen LogP contribution in [0.25, 0.3) is 0 Å². The molecule has 0 saturated carbocycles. The van der Waals surface area contributed by atoms with E-state index in [9.17, 15) is 13.6 Å². The van der Waals surface area contributed by atoms with E-state index in [4.69, 9.17) is 0 Å². The van der Waals surface area contributed by atoms with E-state index in [1.54, 1.807) is 10.9 Å². The third-order valence-corrected chi connectivity index (χ3v) is 4.52. The largest absolute Gasteiger partial charge is 0.341 e. The summed E-state index contributed by atoms with van der Waals surface area (Å²) in [6.45, 7) is 2.37. The maximum atomic E-state index is 13.1. The third-order valence-electron chi connectivity index (χ3n) is 4.52. The average molecular weight is 312 g/mol. The number of carbonyl (C=O) groups is 1. The lowest BCUT2D eigenvalue weighted by molar-refractivity contribution is -0.138. The molecule has 0 bridgehead atoms. The van der Waals surface area contributed by atoms with Crippen LogP contribution in [0.4, 0.5) is 8.78 Å². The Labute approximate surface area is 128 Å². The Morgan fingerprint density at radius 1 is 1.41 bits per heavy atom. The van der Waals surface area contributed by atoms with E-state index in [0.717, 1.165) is 31.6 Å². The summed E-state index contributed by atoms with van der Waals surface area (Å²) >= 11 is 0. The standard InChI is InChI=1S/C15H22F2N4O/c16-15(17)4-8-20(9-5-15)14(22)11-21-7-3-13(19-21)12-2-1-6-18-10-12/h3,7,12,18H,1-2,4-6,8-11H2. The summed E-state index contributed by atoms with van der Waals surface area (Å²) in [5, 5.41) is 7.83. The molecule has 0 aliphatic carbocycles. The van der Waals surface area contributed by atoms with Crippen LogP contribution in [0.1, 0.15) is 37.3 Å². The van der Waals surface area contributed by atoms with E-state index >= 15 is 0 Å². The number of hydrogen-bond donors (Lipinski definition) is 1. The van der Waals surface area contributed by atoms with Gasteiger partial charge in [0.15, 0.2) is 0 Å². The van der Waals surface area contributed by atoms with Crippen molar-refractivity contribution in [3.05, 3.63) is 18.0 Å². The molecule has 3 rings (SSSR count). The van der Waals surface area contributed by atoms with Gasteiger partial charge >= 0.3 is 0 Å². The SMILES string of the molecule is O=C(Cn1ccc(C2CCCNC2)n1)N1CCC(F)(F)CC1. The van der Waals surface area contributed by atoms with Gasteiger partial charge in [0, 0.05) is 44.6 Å². The Bertz CT molecular complexity index is 515. The summed E-state index contributed by atoms with van der Waals surface area (Å²) < 4.78 is 27.9. The smallest absolute Gasteiger partial charge is 0.251 e. The summed E-state index contributed by atoms with van der Waals surface area (Å²) in [6.07, 6.45) is 3.58. The van der Waals surface area contributed by atoms with Gasteiger partial charge in [-0.25, -0.2) is 8.78 Å². The maximum Gasteiger partial charge on any atom is 0.251 e. The number of nitrogens with one attached hydrogen (secondary N) is 1. The predicted octanol–water partition coefficient (Wildman–Crippen LogP) is 1.61. The first-order valence-corrected chi connectivity index (χ1v) is 7.93. The zero-order valence-electron chi connectivity index (χ0n) is 12.6. The molecule has 1 amide bonds. The topological polar surface area (TPSA) is 50.2 Å². The molecular weight excluding hydrogens is 290 g/mol. The van der Waals surface area contributed by atoms with Crippen molar-refractivity contribution in [1.82, 2.24) is 20.0 Å². The fraction of sp³-hybridized carbons (Fsp3) is 0.733. The summed E-state index contributed by atoms with van der Waals surface area (Å²) in [7, 11) is 0. The van der Waals surface area contributed by atoms with Gasteiger partial charge in [-0.15, -0.1) is 0 Å². The fourth-order valence-corrected chi connectivity index (χ4v) is 3.11. The monoisotopic (exact) mass is 312 g/mol. The number of rotatable bonds is 3. The van der Waals surface area contributed by atoms with Crippen molar-refractivity contribution in [3.63, 3.8) is 0 Å². The minimum Gasteiger partial charge on any atom is -0.341 e. The zero-order valence-corrected chi connectivity index (χ0v) is 12.6. The van der Waals surface area contributed by atoms with E-state index in [1.807, 2.05) is 6.07 Å². The first kappa shape index (κ1) is 15.4. The summed E-state index contributed by atoms with van der Waals surface area (Å²) in [4.78, 5) is 13.7. The fourth-order valence-electron chi connectivity index (χ4n) is 3.11. The van der Waals surface area contributed by atoms with E-state index < -0.39 is 5.92 Å². The summed E-state index contributed by atoms with van der Waals surface area (Å²) in [5.74, 6) is -2.35. The zero-order chi connectivity index (χ0) is 15.6. The predicted molar refractivity (Wildman–Crippen MR) is 77.8 cm³/mol.